The van der Waals surface area contributed by atoms with Gasteiger partial charge in [0.1, 0.15) is 0 Å². The predicted octanol–water partition coefficient (Wildman–Crippen LogP) is 4.93. The predicted molar refractivity (Wildman–Crippen MR) is 80.1 cm³/mol. The molecule has 1 aliphatic rings. The van der Waals surface area contributed by atoms with Gasteiger partial charge in [-0.1, -0.05) is 19.9 Å². The van der Waals surface area contributed by atoms with E-state index in [0.717, 1.165) is 11.8 Å². The van der Waals surface area contributed by atoms with Crippen LogP contribution in [0.1, 0.15) is 50.7 Å². The van der Waals surface area contributed by atoms with Crippen molar-refractivity contribution in [3.63, 3.8) is 0 Å². The Labute approximate surface area is 112 Å². The van der Waals surface area contributed by atoms with E-state index in [9.17, 15) is 0 Å². The molecule has 0 saturated heterocycles. The van der Waals surface area contributed by atoms with Crippen LogP contribution in [-0.4, -0.2) is 6.04 Å². The summed E-state index contributed by atoms with van der Waals surface area (Å²) in [6, 6.07) is 7.44. The fraction of sp³-hybridized carbons (Fsp3) is 0.647. The van der Waals surface area contributed by atoms with Crippen LogP contribution in [0.15, 0.2) is 18.2 Å². The first-order chi connectivity index (χ1) is 8.56. The third-order valence-electron chi connectivity index (χ3n) is 4.11. The number of hydrogen-bond acceptors (Lipinski definition) is 1. The molecule has 0 heterocycles. The van der Waals surface area contributed by atoms with Crippen LogP contribution in [0, 0.1) is 25.7 Å². The first-order valence-corrected chi connectivity index (χ1v) is 7.40. The van der Waals surface area contributed by atoms with Crippen molar-refractivity contribution < 1.29 is 0 Å². The first kappa shape index (κ1) is 13.5. The Bertz CT molecular complexity index is 391. The summed E-state index contributed by atoms with van der Waals surface area (Å²) in [5, 5.41) is 3.76. The van der Waals surface area contributed by atoms with Crippen LogP contribution in [0.2, 0.25) is 0 Å². The van der Waals surface area contributed by atoms with Gasteiger partial charge in [0.15, 0.2) is 0 Å². The summed E-state index contributed by atoms with van der Waals surface area (Å²) in [4.78, 5) is 0. The molecule has 1 unspecified atom stereocenters. The van der Waals surface area contributed by atoms with E-state index in [1.165, 1.54) is 42.5 Å². The Morgan fingerprint density at radius 3 is 2.39 bits per heavy atom. The third-order valence-corrected chi connectivity index (χ3v) is 4.11. The molecule has 1 atom stereocenters. The molecule has 100 valence electrons. The second kappa shape index (κ2) is 5.77. The molecule has 1 aliphatic carbocycles. The van der Waals surface area contributed by atoms with Gasteiger partial charge in [-0.15, -0.1) is 0 Å². The maximum absolute atomic E-state index is 3.76. The fourth-order valence-electron chi connectivity index (χ4n) is 2.48. The van der Waals surface area contributed by atoms with E-state index in [1.54, 1.807) is 0 Å². The highest BCUT2D eigenvalue weighted by atomic mass is 14.9. The maximum Gasteiger partial charge on any atom is 0.0345 e. The Morgan fingerprint density at radius 1 is 1.11 bits per heavy atom. The van der Waals surface area contributed by atoms with Crippen molar-refractivity contribution in [2.75, 3.05) is 5.32 Å². The Hall–Kier alpha value is -0.980. The molecule has 1 aromatic carbocycles. The van der Waals surface area contributed by atoms with Gasteiger partial charge in [-0.3, -0.25) is 0 Å². The topological polar surface area (TPSA) is 12.0 Å². The molecule has 2 rings (SSSR count). The highest BCUT2D eigenvalue weighted by Crippen LogP contribution is 2.36. The second-order valence-corrected chi connectivity index (χ2v) is 6.36. The van der Waals surface area contributed by atoms with Gasteiger partial charge in [-0.05, 0) is 74.6 Å². The number of anilines is 1. The van der Waals surface area contributed by atoms with E-state index in [-0.39, 0.29) is 0 Å². The Kier molecular flexibility index (Phi) is 4.31. The van der Waals surface area contributed by atoms with Crippen molar-refractivity contribution in [3.8, 4) is 0 Å². The molecule has 18 heavy (non-hydrogen) atoms. The van der Waals surface area contributed by atoms with Gasteiger partial charge in [-0.25, -0.2) is 0 Å². The van der Waals surface area contributed by atoms with Crippen LogP contribution in [0.25, 0.3) is 0 Å². The van der Waals surface area contributed by atoms with Crippen molar-refractivity contribution >= 4 is 5.69 Å². The van der Waals surface area contributed by atoms with E-state index >= 15 is 0 Å². The molecular formula is C17H27N. The van der Waals surface area contributed by atoms with Gasteiger partial charge in [0.25, 0.3) is 0 Å². The molecule has 1 N–H and O–H groups in total. The highest BCUT2D eigenvalue weighted by Gasteiger charge is 2.30. The number of nitrogens with one attached hydrogen (secondary N) is 1. The lowest BCUT2D eigenvalue weighted by Crippen LogP contribution is -2.22. The third kappa shape index (κ3) is 3.76. The second-order valence-electron chi connectivity index (χ2n) is 6.36. The van der Waals surface area contributed by atoms with Gasteiger partial charge in [0.2, 0.25) is 0 Å². The smallest absolute Gasteiger partial charge is 0.0345 e. The molecule has 1 aromatic rings. The van der Waals surface area contributed by atoms with Gasteiger partial charge in [0.05, 0.1) is 0 Å². The molecule has 1 heteroatoms. The number of rotatable bonds is 6. The zero-order chi connectivity index (χ0) is 13.1. The zero-order valence-electron chi connectivity index (χ0n) is 12.3. The first-order valence-electron chi connectivity index (χ1n) is 7.40. The van der Waals surface area contributed by atoms with E-state index in [2.05, 4.69) is 51.2 Å². The fourth-order valence-corrected chi connectivity index (χ4v) is 2.48. The highest BCUT2D eigenvalue weighted by molar-refractivity contribution is 5.49. The lowest BCUT2D eigenvalue weighted by atomic mass is 9.99. The Morgan fingerprint density at radius 2 is 1.83 bits per heavy atom. The molecule has 1 saturated carbocycles. The summed E-state index contributed by atoms with van der Waals surface area (Å²) >= 11 is 0. The summed E-state index contributed by atoms with van der Waals surface area (Å²) < 4.78 is 0. The molecular weight excluding hydrogens is 218 g/mol. The van der Waals surface area contributed by atoms with Crippen molar-refractivity contribution in [2.24, 2.45) is 11.8 Å². The van der Waals surface area contributed by atoms with Gasteiger partial charge in [0, 0.05) is 11.7 Å². The summed E-state index contributed by atoms with van der Waals surface area (Å²) in [5.74, 6) is 1.73. The van der Waals surface area contributed by atoms with Crippen LogP contribution < -0.4 is 5.32 Å². The molecule has 0 spiro atoms. The van der Waals surface area contributed by atoms with E-state index in [4.69, 9.17) is 0 Å². The van der Waals surface area contributed by atoms with Crippen molar-refractivity contribution in [1.82, 2.24) is 0 Å². The van der Waals surface area contributed by atoms with E-state index in [1.807, 2.05) is 0 Å². The molecule has 0 bridgehead atoms. The average Bonchev–Trinajstić information content (AvgIpc) is 3.13. The molecule has 0 aliphatic heterocycles. The van der Waals surface area contributed by atoms with Gasteiger partial charge >= 0.3 is 0 Å². The average molecular weight is 245 g/mol. The zero-order valence-corrected chi connectivity index (χ0v) is 12.3. The largest absolute Gasteiger partial charge is 0.382 e. The maximum atomic E-state index is 3.76. The van der Waals surface area contributed by atoms with Crippen LogP contribution in [0.5, 0.6) is 0 Å². The minimum atomic E-state index is 0.689. The summed E-state index contributed by atoms with van der Waals surface area (Å²) in [5.41, 5.74) is 4.07. The van der Waals surface area contributed by atoms with Crippen molar-refractivity contribution in [1.29, 1.82) is 0 Å². The molecule has 1 nitrogen and oxygen atoms in total. The quantitative estimate of drug-likeness (QED) is 0.749. The van der Waals surface area contributed by atoms with Crippen LogP contribution >= 0.6 is 0 Å². The minimum Gasteiger partial charge on any atom is -0.382 e. The molecule has 0 aromatic heterocycles. The molecule has 0 amide bonds. The lowest BCUT2D eigenvalue weighted by molar-refractivity contribution is 0.486. The van der Waals surface area contributed by atoms with Gasteiger partial charge < -0.3 is 5.32 Å². The van der Waals surface area contributed by atoms with Crippen LogP contribution in [-0.2, 0) is 0 Å². The normalized spacial score (nSPS) is 16.9. The number of aryl methyl sites for hydroxylation is 2. The number of hydrogen-bond donors (Lipinski definition) is 1. The molecule has 1 fully saturated rings. The lowest BCUT2D eigenvalue weighted by Gasteiger charge is -2.21. The number of benzene rings is 1. The Balaban J connectivity index is 1.97. The monoisotopic (exact) mass is 245 g/mol. The van der Waals surface area contributed by atoms with Crippen LogP contribution in [0.3, 0.4) is 0 Å². The summed E-state index contributed by atoms with van der Waals surface area (Å²) in [6.45, 7) is 9.01. The van der Waals surface area contributed by atoms with Crippen LogP contribution in [0.4, 0.5) is 5.69 Å². The van der Waals surface area contributed by atoms with Crippen molar-refractivity contribution in [3.05, 3.63) is 29.3 Å². The molecule has 0 radical (unpaired) electrons. The van der Waals surface area contributed by atoms with Gasteiger partial charge in [-0.2, -0.15) is 0 Å². The summed E-state index contributed by atoms with van der Waals surface area (Å²) in [7, 11) is 0. The minimum absolute atomic E-state index is 0.689. The SMILES string of the molecule is Cc1ccc(NC(CCC(C)C)C2CC2)cc1C. The standard InChI is InChI=1S/C17H27N/c1-12(2)5-10-17(15-7-8-15)18-16-9-6-13(3)14(4)11-16/h6,9,11-12,15,17-18H,5,7-8,10H2,1-4H3. The van der Waals surface area contributed by atoms with E-state index in [0.29, 0.717) is 6.04 Å². The van der Waals surface area contributed by atoms with Crippen molar-refractivity contribution in [2.45, 2.75) is 59.4 Å². The van der Waals surface area contributed by atoms with E-state index < -0.39 is 0 Å². The summed E-state index contributed by atoms with van der Waals surface area (Å²) in [6.07, 6.45) is 5.48.